The fourth-order valence-electron chi connectivity index (χ4n) is 2.28. The third-order valence-corrected chi connectivity index (χ3v) is 4.32. The Morgan fingerprint density at radius 2 is 1.70 bits per heavy atom. The van der Waals surface area contributed by atoms with Crippen LogP contribution in [0.5, 0.6) is 0 Å². The Hall–Kier alpha value is -3.54. The number of hydrogen-bond acceptors (Lipinski definition) is 7. The van der Waals surface area contributed by atoms with E-state index in [2.05, 4.69) is 15.4 Å². The molecular formula is C20H15Cl2N3O5. The fraction of sp³-hybridized carbons (Fsp3) is 0.100. The minimum atomic E-state index is -0.766. The number of methoxy groups -OCH3 is 2. The second-order valence-corrected chi connectivity index (χ2v) is 6.48. The van der Waals surface area contributed by atoms with E-state index in [-0.39, 0.29) is 33.1 Å². The first-order chi connectivity index (χ1) is 14.3. The summed E-state index contributed by atoms with van der Waals surface area (Å²) in [5.41, 5.74) is 0.251. The van der Waals surface area contributed by atoms with E-state index in [1.54, 1.807) is 12.1 Å². The van der Waals surface area contributed by atoms with Gasteiger partial charge in [-0.05, 0) is 36.4 Å². The lowest BCUT2D eigenvalue weighted by Crippen LogP contribution is -2.15. The Balaban J connectivity index is 2.33. The quantitative estimate of drug-likeness (QED) is 0.389. The van der Waals surface area contributed by atoms with Crippen LogP contribution >= 0.6 is 23.2 Å². The van der Waals surface area contributed by atoms with Crippen molar-refractivity contribution in [3.63, 3.8) is 0 Å². The molecule has 8 nitrogen and oxygen atoms in total. The van der Waals surface area contributed by atoms with E-state index < -0.39 is 17.8 Å². The summed E-state index contributed by atoms with van der Waals surface area (Å²) in [6.45, 7) is 0. The molecule has 0 spiro atoms. The number of nitrogens with zero attached hydrogens (tertiary/aromatic N) is 1. The van der Waals surface area contributed by atoms with E-state index in [4.69, 9.17) is 27.9 Å². The molecule has 154 valence electrons. The summed E-state index contributed by atoms with van der Waals surface area (Å²) in [5, 5.41) is 15.1. The summed E-state index contributed by atoms with van der Waals surface area (Å²) in [6, 6.07) is 10.3. The smallest absolute Gasteiger partial charge is 0.339 e. The highest BCUT2D eigenvalue weighted by Gasteiger charge is 2.17. The van der Waals surface area contributed by atoms with Crippen molar-refractivity contribution in [1.82, 2.24) is 0 Å². The number of rotatable bonds is 6. The standard InChI is InChI=1S/C20H15Cl2N3O5/c1-29-19(27)11-3-5-14(20(28)30-2)16(7-11)24-10-12(9-23)18(26)25-17-8-13(21)4-6-15(17)22/h3-8,10,24H,1-2H3,(H,25,26)/b12-10-. The van der Waals surface area contributed by atoms with Crippen molar-refractivity contribution < 1.29 is 23.9 Å². The van der Waals surface area contributed by atoms with E-state index in [1.807, 2.05) is 0 Å². The molecule has 0 saturated heterocycles. The number of carbonyl (C=O) groups excluding carboxylic acids is 3. The van der Waals surface area contributed by atoms with Gasteiger partial charge in [-0.2, -0.15) is 5.26 Å². The van der Waals surface area contributed by atoms with Gasteiger partial charge in [0.2, 0.25) is 0 Å². The largest absolute Gasteiger partial charge is 0.465 e. The molecule has 0 heterocycles. The molecule has 2 aromatic carbocycles. The Kier molecular flexibility index (Phi) is 7.81. The second-order valence-electron chi connectivity index (χ2n) is 5.64. The summed E-state index contributed by atoms with van der Waals surface area (Å²) in [6.07, 6.45) is 1.08. The van der Waals surface area contributed by atoms with Gasteiger partial charge in [0.05, 0.1) is 41.7 Å². The van der Waals surface area contributed by atoms with E-state index in [1.165, 1.54) is 44.6 Å². The molecule has 0 aromatic heterocycles. The van der Waals surface area contributed by atoms with Crippen LogP contribution in [-0.4, -0.2) is 32.1 Å². The van der Waals surface area contributed by atoms with Gasteiger partial charge in [0.25, 0.3) is 5.91 Å². The number of nitriles is 1. The zero-order chi connectivity index (χ0) is 22.3. The second kappa shape index (κ2) is 10.3. The van der Waals surface area contributed by atoms with Gasteiger partial charge >= 0.3 is 11.9 Å². The van der Waals surface area contributed by atoms with Crippen molar-refractivity contribution in [2.24, 2.45) is 0 Å². The van der Waals surface area contributed by atoms with Gasteiger partial charge < -0.3 is 20.1 Å². The van der Waals surface area contributed by atoms with Crippen LogP contribution in [0.1, 0.15) is 20.7 Å². The number of esters is 2. The molecule has 0 radical (unpaired) electrons. The van der Waals surface area contributed by atoms with Crippen LogP contribution in [0.15, 0.2) is 48.2 Å². The van der Waals surface area contributed by atoms with Crippen LogP contribution in [0.3, 0.4) is 0 Å². The molecule has 1 amide bonds. The highest BCUT2D eigenvalue weighted by atomic mass is 35.5. The zero-order valence-electron chi connectivity index (χ0n) is 15.8. The summed E-state index contributed by atoms with van der Waals surface area (Å²) < 4.78 is 9.35. The highest BCUT2D eigenvalue weighted by molar-refractivity contribution is 6.36. The third-order valence-electron chi connectivity index (χ3n) is 3.76. The van der Waals surface area contributed by atoms with E-state index in [0.717, 1.165) is 6.20 Å². The van der Waals surface area contributed by atoms with Gasteiger partial charge in [-0.1, -0.05) is 23.2 Å². The Bertz CT molecular complexity index is 1080. The van der Waals surface area contributed by atoms with Crippen LogP contribution in [0, 0.1) is 11.3 Å². The lowest BCUT2D eigenvalue weighted by molar-refractivity contribution is -0.112. The van der Waals surface area contributed by atoms with Gasteiger partial charge in [-0.15, -0.1) is 0 Å². The number of halogens is 2. The monoisotopic (exact) mass is 447 g/mol. The predicted octanol–water partition coefficient (Wildman–Crippen LogP) is 4.02. The number of nitrogens with one attached hydrogen (secondary N) is 2. The molecule has 30 heavy (non-hydrogen) atoms. The van der Waals surface area contributed by atoms with Gasteiger partial charge in [0, 0.05) is 11.2 Å². The zero-order valence-corrected chi connectivity index (χ0v) is 17.3. The Labute approximate surface area is 182 Å². The maximum absolute atomic E-state index is 12.4. The van der Waals surface area contributed by atoms with Crippen molar-refractivity contribution in [3.05, 3.63) is 69.3 Å². The Morgan fingerprint density at radius 1 is 1.00 bits per heavy atom. The minimum Gasteiger partial charge on any atom is -0.465 e. The number of amides is 1. The number of hydrogen-bond donors (Lipinski definition) is 2. The summed E-state index contributed by atoms with van der Waals surface area (Å²) >= 11 is 11.9. The molecule has 0 saturated carbocycles. The van der Waals surface area contributed by atoms with E-state index in [9.17, 15) is 19.6 Å². The van der Waals surface area contributed by atoms with E-state index in [0.29, 0.717) is 5.02 Å². The molecule has 0 bridgehead atoms. The Morgan fingerprint density at radius 3 is 2.33 bits per heavy atom. The van der Waals surface area contributed by atoms with Crippen molar-refractivity contribution in [1.29, 1.82) is 5.26 Å². The van der Waals surface area contributed by atoms with Crippen LogP contribution in [0.25, 0.3) is 0 Å². The highest BCUT2D eigenvalue weighted by Crippen LogP contribution is 2.26. The summed E-state index contributed by atoms with van der Waals surface area (Å²) in [7, 11) is 2.40. The molecule has 0 aliphatic rings. The molecule has 0 fully saturated rings. The SMILES string of the molecule is COC(=O)c1ccc(C(=O)OC)c(N/C=C(/C#N)C(=O)Nc2cc(Cl)ccc2Cl)c1. The lowest BCUT2D eigenvalue weighted by Gasteiger charge is -2.11. The first kappa shape index (κ1) is 22.7. The molecule has 2 rings (SSSR count). The summed E-state index contributed by atoms with van der Waals surface area (Å²) in [5.74, 6) is -2.08. The first-order valence-corrected chi connectivity index (χ1v) is 9.00. The molecular weight excluding hydrogens is 433 g/mol. The first-order valence-electron chi connectivity index (χ1n) is 8.24. The van der Waals surface area contributed by atoms with Crippen LogP contribution in [0.4, 0.5) is 11.4 Å². The van der Waals surface area contributed by atoms with Crippen LogP contribution in [-0.2, 0) is 14.3 Å². The molecule has 0 unspecified atom stereocenters. The van der Waals surface area contributed by atoms with Gasteiger partial charge in [0.1, 0.15) is 11.6 Å². The third kappa shape index (κ3) is 5.50. The maximum atomic E-state index is 12.4. The topological polar surface area (TPSA) is 118 Å². The molecule has 2 aromatic rings. The van der Waals surface area contributed by atoms with Crippen molar-refractivity contribution in [2.75, 3.05) is 24.9 Å². The van der Waals surface area contributed by atoms with Gasteiger partial charge in [-0.3, -0.25) is 4.79 Å². The fourth-order valence-corrected chi connectivity index (χ4v) is 2.61. The number of anilines is 2. The van der Waals surface area contributed by atoms with Crippen LogP contribution in [0.2, 0.25) is 10.0 Å². The normalized spacial score (nSPS) is 10.6. The van der Waals surface area contributed by atoms with Crippen LogP contribution < -0.4 is 10.6 Å². The average Bonchev–Trinajstić information content (AvgIpc) is 2.75. The van der Waals surface area contributed by atoms with Gasteiger partial charge in [-0.25, -0.2) is 9.59 Å². The average molecular weight is 448 g/mol. The number of ether oxygens (including phenoxy) is 2. The number of benzene rings is 2. The maximum Gasteiger partial charge on any atom is 0.339 e. The van der Waals surface area contributed by atoms with Gasteiger partial charge in [0.15, 0.2) is 0 Å². The van der Waals surface area contributed by atoms with Crippen molar-refractivity contribution in [3.8, 4) is 6.07 Å². The molecule has 10 heteroatoms. The predicted molar refractivity (Wildman–Crippen MR) is 112 cm³/mol. The van der Waals surface area contributed by atoms with E-state index >= 15 is 0 Å². The minimum absolute atomic E-state index is 0.0805. The molecule has 2 N–H and O–H groups in total. The number of carbonyl (C=O) groups is 3. The molecule has 0 atom stereocenters. The summed E-state index contributed by atoms with van der Waals surface area (Å²) in [4.78, 5) is 36.1. The van der Waals surface area contributed by atoms with Crippen molar-refractivity contribution >= 4 is 52.4 Å². The van der Waals surface area contributed by atoms with Crippen molar-refractivity contribution in [2.45, 2.75) is 0 Å². The molecule has 0 aliphatic carbocycles. The molecule has 0 aliphatic heterocycles. The lowest BCUT2D eigenvalue weighted by atomic mass is 10.1.